The van der Waals surface area contributed by atoms with Crippen LogP contribution in [-0.4, -0.2) is 24.5 Å². The molecule has 2 aromatic rings. The Morgan fingerprint density at radius 2 is 2.26 bits per heavy atom. The first-order chi connectivity index (χ1) is 10.6. The van der Waals surface area contributed by atoms with Crippen LogP contribution in [0.1, 0.15) is 34.0 Å². The Hall–Kier alpha value is -1.70. The van der Waals surface area contributed by atoms with E-state index in [4.69, 9.17) is 10.5 Å². The van der Waals surface area contributed by atoms with Crippen LogP contribution in [0.2, 0.25) is 0 Å². The minimum Gasteiger partial charge on any atom is -0.496 e. The molecule has 23 heavy (non-hydrogen) atoms. The molecule has 1 atom stereocenters. The van der Waals surface area contributed by atoms with Crippen molar-refractivity contribution < 1.29 is 13.9 Å². The highest BCUT2D eigenvalue weighted by Gasteiger charge is 2.20. The van der Waals surface area contributed by atoms with Crippen LogP contribution in [0.25, 0.3) is 0 Å². The zero-order chi connectivity index (χ0) is 16.1. The van der Waals surface area contributed by atoms with E-state index < -0.39 is 11.9 Å². The first-order valence-electron chi connectivity index (χ1n) is 6.84. The molecule has 1 aromatic heterocycles. The molecule has 5 nitrogen and oxygen atoms in total. The summed E-state index contributed by atoms with van der Waals surface area (Å²) in [5, 5.41) is 5.22. The first kappa shape index (κ1) is 19.3. The number of nitrogens with two attached hydrogens (primary N) is 1. The molecule has 0 fully saturated rings. The molecular weight excluding hydrogens is 341 g/mol. The average Bonchev–Trinajstić information content (AvgIpc) is 2.95. The molecule has 8 heteroatoms. The fourth-order valence-electron chi connectivity index (χ4n) is 2.11. The normalized spacial score (nSPS) is 11.5. The smallest absolute Gasteiger partial charge is 0.271 e. The highest BCUT2D eigenvalue weighted by Crippen LogP contribution is 2.27. The van der Waals surface area contributed by atoms with Crippen LogP contribution in [0, 0.1) is 5.82 Å². The summed E-state index contributed by atoms with van der Waals surface area (Å²) in [6.45, 7) is 2.18. The van der Waals surface area contributed by atoms with Crippen molar-refractivity contribution in [3.8, 4) is 5.75 Å². The van der Waals surface area contributed by atoms with Crippen LogP contribution in [0.3, 0.4) is 0 Å². The van der Waals surface area contributed by atoms with Gasteiger partial charge in [-0.2, -0.15) is 0 Å². The third-order valence-corrected chi connectivity index (χ3v) is 4.06. The monoisotopic (exact) mass is 359 g/mol. The molecule has 0 aliphatic carbocycles. The number of carbonyl (C=O) groups excluding carboxylic acids is 1. The number of methoxy groups -OCH3 is 1. The molecule has 1 aromatic carbocycles. The number of thiazole rings is 1. The van der Waals surface area contributed by atoms with Gasteiger partial charge in [0.05, 0.1) is 23.7 Å². The Balaban J connectivity index is 0.00000264. The summed E-state index contributed by atoms with van der Waals surface area (Å²) >= 11 is 1.39. The van der Waals surface area contributed by atoms with Gasteiger partial charge >= 0.3 is 0 Å². The van der Waals surface area contributed by atoms with Gasteiger partial charge in [-0.3, -0.25) is 4.79 Å². The van der Waals surface area contributed by atoms with Crippen LogP contribution >= 0.6 is 23.7 Å². The molecule has 3 N–H and O–H groups in total. The molecule has 0 saturated heterocycles. The number of aromatic nitrogens is 1. The van der Waals surface area contributed by atoms with Crippen molar-refractivity contribution in [2.24, 2.45) is 5.73 Å². The summed E-state index contributed by atoms with van der Waals surface area (Å²) < 4.78 is 19.1. The molecule has 0 saturated carbocycles. The number of rotatable bonds is 6. The van der Waals surface area contributed by atoms with Gasteiger partial charge in [0.25, 0.3) is 5.91 Å². The maximum Gasteiger partial charge on any atom is 0.271 e. The zero-order valence-electron chi connectivity index (χ0n) is 12.8. The minimum atomic E-state index is -0.539. The van der Waals surface area contributed by atoms with Crippen molar-refractivity contribution in [2.45, 2.75) is 19.4 Å². The number of amides is 1. The average molecular weight is 360 g/mol. The van der Waals surface area contributed by atoms with Crippen LogP contribution in [0.15, 0.2) is 23.6 Å². The SMILES string of the molecule is COc1cccc(F)c1C(C)NC(=O)c1csc(CCN)n1.Cl. The van der Waals surface area contributed by atoms with Crippen molar-refractivity contribution in [3.05, 3.63) is 45.7 Å². The fourth-order valence-corrected chi connectivity index (χ4v) is 2.91. The molecule has 126 valence electrons. The Bertz CT molecular complexity index is 666. The summed E-state index contributed by atoms with van der Waals surface area (Å²) in [5.74, 6) is -0.374. The third kappa shape index (κ3) is 4.63. The van der Waals surface area contributed by atoms with Gasteiger partial charge in [0.2, 0.25) is 0 Å². The lowest BCUT2D eigenvalue weighted by Crippen LogP contribution is -2.28. The summed E-state index contributed by atoms with van der Waals surface area (Å²) in [5.41, 5.74) is 6.09. The quantitative estimate of drug-likeness (QED) is 0.831. The molecule has 1 heterocycles. The number of hydrogen-bond donors (Lipinski definition) is 2. The van der Waals surface area contributed by atoms with Gasteiger partial charge in [-0.1, -0.05) is 6.07 Å². The van der Waals surface area contributed by atoms with Crippen LogP contribution in [0.5, 0.6) is 5.75 Å². The summed E-state index contributed by atoms with van der Waals surface area (Å²) in [7, 11) is 1.46. The molecule has 0 radical (unpaired) electrons. The van der Waals surface area contributed by atoms with Gasteiger partial charge in [-0.25, -0.2) is 9.37 Å². The molecule has 1 amide bonds. The van der Waals surface area contributed by atoms with E-state index >= 15 is 0 Å². The van der Waals surface area contributed by atoms with E-state index in [2.05, 4.69) is 10.3 Å². The highest BCUT2D eigenvalue weighted by molar-refractivity contribution is 7.09. The van der Waals surface area contributed by atoms with Gasteiger partial charge in [-0.15, -0.1) is 23.7 Å². The number of nitrogens with zero attached hydrogens (tertiary/aromatic N) is 1. The van der Waals surface area contributed by atoms with Gasteiger partial charge in [0.15, 0.2) is 0 Å². The van der Waals surface area contributed by atoms with Crippen LogP contribution < -0.4 is 15.8 Å². The van der Waals surface area contributed by atoms with Crippen molar-refractivity contribution >= 4 is 29.7 Å². The van der Waals surface area contributed by atoms with E-state index in [1.54, 1.807) is 24.4 Å². The second-order valence-electron chi connectivity index (χ2n) is 4.72. The topological polar surface area (TPSA) is 77.2 Å². The molecule has 0 bridgehead atoms. The fraction of sp³-hybridized carbons (Fsp3) is 0.333. The van der Waals surface area contributed by atoms with E-state index in [-0.39, 0.29) is 18.3 Å². The molecular formula is C15H19ClFN3O2S. The lowest BCUT2D eigenvalue weighted by Gasteiger charge is -2.17. The zero-order valence-corrected chi connectivity index (χ0v) is 14.5. The van der Waals surface area contributed by atoms with Gasteiger partial charge in [-0.05, 0) is 25.6 Å². The Morgan fingerprint density at radius 1 is 1.52 bits per heavy atom. The second kappa shape index (κ2) is 8.81. The standard InChI is InChI=1S/C15H18FN3O2S.ClH/c1-9(14-10(16)4-3-5-12(14)21-2)18-15(20)11-8-22-13(19-11)6-7-17;/h3-5,8-9H,6-7,17H2,1-2H3,(H,18,20);1H. The second-order valence-corrected chi connectivity index (χ2v) is 5.66. The summed E-state index contributed by atoms with van der Waals surface area (Å²) in [4.78, 5) is 16.4. The number of ether oxygens (including phenoxy) is 1. The molecule has 1 unspecified atom stereocenters. The summed E-state index contributed by atoms with van der Waals surface area (Å²) in [6, 6.07) is 4.01. The van der Waals surface area contributed by atoms with Crippen molar-refractivity contribution in [2.75, 3.05) is 13.7 Å². The van der Waals surface area contributed by atoms with Crippen molar-refractivity contribution in [1.82, 2.24) is 10.3 Å². The molecule has 0 aliphatic heterocycles. The maximum absolute atomic E-state index is 14.0. The first-order valence-corrected chi connectivity index (χ1v) is 7.72. The minimum absolute atomic E-state index is 0. The third-order valence-electron chi connectivity index (χ3n) is 3.16. The molecule has 2 rings (SSSR count). The van der Waals surface area contributed by atoms with Gasteiger partial charge in [0, 0.05) is 11.8 Å². The van der Waals surface area contributed by atoms with Crippen LogP contribution in [-0.2, 0) is 6.42 Å². The maximum atomic E-state index is 14.0. The van der Waals surface area contributed by atoms with Gasteiger partial charge in [0.1, 0.15) is 17.3 Å². The lowest BCUT2D eigenvalue weighted by molar-refractivity contribution is 0.0934. The Kier molecular flexibility index (Phi) is 7.41. The largest absolute Gasteiger partial charge is 0.496 e. The van der Waals surface area contributed by atoms with E-state index in [0.717, 1.165) is 5.01 Å². The van der Waals surface area contributed by atoms with E-state index in [9.17, 15) is 9.18 Å². The van der Waals surface area contributed by atoms with E-state index in [1.165, 1.54) is 24.5 Å². The Labute approximate surface area is 144 Å². The lowest BCUT2D eigenvalue weighted by atomic mass is 10.1. The molecule has 0 aliphatic rings. The number of nitrogens with one attached hydrogen (secondary N) is 1. The van der Waals surface area contributed by atoms with Crippen molar-refractivity contribution in [1.29, 1.82) is 0 Å². The highest BCUT2D eigenvalue weighted by atomic mass is 35.5. The predicted octanol–water partition coefficient (Wildman–Crippen LogP) is 2.70. The summed E-state index contributed by atoms with van der Waals surface area (Å²) in [6.07, 6.45) is 0.634. The van der Waals surface area contributed by atoms with E-state index in [1.807, 2.05) is 0 Å². The van der Waals surface area contributed by atoms with Gasteiger partial charge < -0.3 is 15.8 Å². The molecule has 0 spiro atoms. The van der Waals surface area contributed by atoms with Crippen molar-refractivity contribution in [3.63, 3.8) is 0 Å². The number of halogens is 2. The number of hydrogen-bond acceptors (Lipinski definition) is 5. The number of carbonyl (C=O) groups is 1. The Morgan fingerprint density at radius 3 is 2.91 bits per heavy atom. The number of benzene rings is 1. The van der Waals surface area contributed by atoms with E-state index in [0.29, 0.717) is 30.0 Å². The predicted molar refractivity (Wildman–Crippen MR) is 91.0 cm³/mol. The van der Waals surface area contributed by atoms with Crippen LogP contribution in [0.4, 0.5) is 4.39 Å².